The third-order valence-corrected chi connectivity index (χ3v) is 5.36. The van der Waals surface area contributed by atoms with Gasteiger partial charge in [-0.1, -0.05) is 29.8 Å². The Morgan fingerprint density at radius 3 is 2.32 bits per heavy atom. The van der Waals surface area contributed by atoms with E-state index in [9.17, 15) is 4.79 Å². The zero-order valence-corrected chi connectivity index (χ0v) is 18.1. The summed E-state index contributed by atoms with van der Waals surface area (Å²) in [5, 5.41) is 0.558. The number of halogens is 1. The molecule has 0 saturated carbocycles. The van der Waals surface area contributed by atoms with Crippen LogP contribution in [0.4, 0.5) is 0 Å². The van der Waals surface area contributed by atoms with Crippen molar-refractivity contribution in [2.75, 3.05) is 21.3 Å². The number of aromatic nitrogens is 2. The van der Waals surface area contributed by atoms with Crippen LogP contribution in [-0.2, 0) is 6.42 Å². The van der Waals surface area contributed by atoms with Crippen LogP contribution in [-0.4, -0.2) is 37.1 Å². The molecule has 7 heteroatoms. The van der Waals surface area contributed by atoms with Gasteiger partial charge >= 0.3 is 0 Å². The van der Waals surface area contributed by atoms with Gasteiger partial charge in [-0.3, -0.25) is 4.79 Å². The van der Waals surface area contributed by atoms with Crippen LogP contribution in [0.1, 0.15) is 15.9 Å². The number of H-pyrrole nitrogens is 1. The average molecular weight is 437 g/mol. The molecule has 4 rings (SSSR count). The molecular formula is C24H21ClN2O4. The monoisotopic (exact) mass is 436 g/mol. The topological polar surface area (TPSA) is 73.4 Å². The largest absolute Gasteiger partial charge is 0.493 e. The molecule has 1 N–H and O–H groups in total. The number of rotatable bonds is 7. The molecule has 31 heavy (non-hydrogen) atoms. The van der Waals surface area contributed by atoms with Crippen molar-refractivity contribution in [3.8, 4) is 28.6 Å². The maximum atomic E-state index is 13.0. The number of nitrogens with one attached hydrogen (secondary N) is 1. The molecule has 158 valence electrons. The minimum atomic E-state index is -0.0860. The first kappa shape index (κ1) is 20.8. The number of fused-ring (bicyclic) bond motifs is 1. The SMILES string of the molecule is COc1cc(C(=O)Cc2ccc(Cl)c(-c3nc4ccccc4[nH]3)c2)cc(OC)c1OC. The number of nitrogens with zero attached hydrogens (tertiary/aromatic N) is 1. The standard InChI is InChI=1S/C24H21ClN2O4/c1-29-21-12-15(13-22(30-2)23(21)31-3)20(28)11-14-8-9-17(25)16(10-14)24-26-18-6-4-5-7-19(18)27-24/h4-10,12-13H,11H2,1-3H3,(H,26,27). The van der Waals surface area contributed by atoms with Gasteiger partial charge in [-0.2, -0.15) is 0 Å². The predicted molar refractivity (Wildman–Crippen MR) is 121 cm³/mol. The van der Waals surface area contributed by atoms with Crippen molar-refractivity contribution in [1.29, 1.82) is 0 Å². The van der Waals surface area contributed by atoms with Gasteiger partial charge < -0.3 is 19.2 Å². The van der Waals surface area contributed by atoms with Gasteiger partial charge in [-0.05, 0) is 42.0 Å². The molecule has 0 saturated heterocycles. The summed E-state index contributed by atoms with van der Waals surface area (Å²) < 4.78 is 16.0. The molecule has 0 radical (unpaired) electrons. The van der Waals surface area contributed by atoms with Gasteiger partial charge in [0.2, 0.25) is 5.75 Å². The lowest BCUT2D eigenvalue weighted by molar-refractivity contribution is 0.0992. The highest BCUT2D eigenvalue weighted by molar-refractivity contribution is 6.33. The Hall–Kier alpha value is -3.51. The summed E-state index contributed by atoms with van der Waals surface area (Å²) in [5.74, 6) is 1.89. The predicted octanol–water partition coefficient (Wildman–Crippen LogP) is 5.33. The summed E-state index contributed by atoms with van der Waals surface area (Å²) >= 11 is 6.43. The Morgan fingerprint density at radius 2 is 1.68 bits per heavy atom. The number of hydrogen-bond acceptors (Lipinski definition) is 5. The highest BCUT2D eigenvalue weighted by Gasteiger charge is 2.18. The highest BCUT2D eigenvalue weighted by Crippen LogP contribution is 2.38. The minimum absolute atomic E-state index is 0.0860. The van der Waals surface area contributed by atoms with E-state index in [0.29, 0.717) is 33.7 Å². The van der Waals surface area contributed by atoms with E-state index in [1.807, 2.05) is 36.4 Å². The van der Waals surface area contributed by atoms with E-state index in [1.54, 1.807) is 18.2 Å². The molecule has 4 aromatic rings. The van der Waals surface area contributed by atoms with Crippen molar-refractivity contribution >= 4 is 28.4 Å². The Balaban J connectivity index is 1.66. The van der Waals surface area contributed by atoms with E-state index in [0.717, 1.165) is 22.2 Å². The van der Waals surface area contributed by atoms with Crippen LogP contribution in [0.2, 0.25) is 5.02 Å². The van der Waals surface area contributed by atoms with Crippen LogP contribution >= 0.6 is 11.6 Å². The number of hydrogen-bond donors (Lipinski definition) is 1. The van der Waals surface area contributed by atoms with Crippen LogP contribution in [0, 0.1) is 0 Å². The van der Waals surface area contributed by atoms with Crippen molar-refractivity contribution in [2.24, 2.45) is 0 Å². The Kier molecular flexibility index (Phi) is 5.82. The molecule has 0 atom stereocenters. The first-order valence-corrected chi connectivity index (χ1v) is 9.98. The van der Waals surface area contributed by atoms with Crippen molar-refractivity contribution < 1.29 is 19.0 Å². The summed E-state index contributed by atoms with van der Waals surface area (Å²) in [4.78, 5) is 20.9. The Morgan fingerprint density at radius 1 is 0.968 bits per heavy atom. The van der Waals surface area contributed by atoms with Crippen molar-refractivity contribution in [2.45, 2.75) is 6.42 Å². The second-order valence-corrected chi connectivity index (χ2v) is 7.34. The minimum Gasteiger partial charge on any atom is -0.493 e. The number of aromatic amines is 1. The lowest BCUT2D eigenvalue weighted by atomic mass is 10.0. The van der Waals surface area contributed by atoms with Gasteiger partial charge in [0.05, 0.1) is 37.4 Å². The van der Waals surface area contributed by atoms with Crippen LogP contribution in [0.15, 0.2) is 54.6 Å². The zero-order chi connectivity index (χ0) is 22.0. The maximum absolute atomic E-state index is 13.0. The van der Waals surface area contributed by atoms with Gasteiger partial charge in [-0.15, -0.1) is 0 Å². The van der Waals surface area contributed by atoms with Crippen LogP contribution < -0.4 is 14.2 Å². The van der Waals surface area contributed by atoms with Gasteiger partial charge in [0.1, 0.15) is 5.82 Å². The van der Waals surface area contributed by atoms with Crippen molar-refractivity contribution in [3.05, 3.63) is 70.7 Å². The number of para-hydroxylation sites is 2. The fraction of sp³-hybridized carbons (Fsp3) is 0.167. The van der Waals surface area contributed by atoms with Crippen LogP contribution in [0.5, 0.6) is 17.2 Å². The molecule has 0 spiro atoms. The van der Waals surface area contributed by atoms with E-state index in [1.165, 1.54) is 21.3 Å². The van der Waals surface area contributed by atoms with E-state index < -0.39 is 0 Å². The number of methoxy groups -OCH3 is 3. The van der Waals surface area contributed by atoms with E-state index >= 15 is 0 Å². The van der Waals surface area contributed by atoms with Crippen molar-refractivity contribution in [3.63, 3.8) is 0 Å². The zero-order valence-electron chi connectivity index (χ0n) is 17.4. The molecule has 0 unspecified atom stereocenters. The molecule has 0 fully saturated rings. The van der Waals surface area contributed by atoms with E-state index in [4.69, 9.17) is 25.8 Å². The summed E-state index contributed by atoms with van der Waals surface area (Å²) in [7, 11) is 4.56. The molecule has 0 bridgehead atoms. The second-order valence-electron chi connectivity index (χ2n) is 6.93. The number of Topliss-reactive ketones (excluding diaryl/α,β-unsaturated/α-hetero) is 1. The number of ether oxygens (including phenoxy) is 3. The fourth-order valence-electron chi connectivity index (χ4n) is 3.47. The smallest absolute Gasteiger partial charge is 0.203 e. The maximum Gasteiger partial charge on any atom is 0.203 e. The van der Waals surface area contributed by atoms with Gasteiger partial charge in [0, 0.05) is 17.5 Å². The molecule has 3 aromatic carbocycles. The molecule has 0 aliphatic carbocycles. The molecule has 0 amide bonds. The van der Waals surface area contributed by atoms with Crippen LogP contribution in [0.25, 0.3) is 22.4 Å². The number of imidazole rings is 1. The van der Waals surface area contributed by atoms with E-state index in [-0.39, 0.29) is 12.2 Å². The summed E-state index contributed by atoms with van der Waals surface area (Å²) in [6.07, 6.45) is 0.184. The third-order valence-electron chi connectivity index (χ3n) is 5.03. The lowest BCUT2D eigenvalue weighted by Crippen LogP contribution is -2.06. The van der Waals surface area contributed by atoms with Crippen molar-refractivity contribution in [1.82, 2.24) is 9.97 Å². The summed E-state index contributed by atoms with van der Waals surface area (Å²) in [6, 6.07) is 16.6. The van der Waals surface area contributed by atoms with Gasteiger partial charge in [-0.25, -0.2) is 4.98 Å². The van der Waals surface area contributed by atoms with E-state index in [2.05, 4.69) is 9.97 Å². The molecular weight excluding hydrogens is 416 g/mol. The quantitative estimate of drug-likeness (QED) is 0.396. The number of benzene rings is 3. The van der Waals surface area contributed by atoms with Crippen LogP contribution in [0.3, 0.4) is 0 Å². The third kappa shape index (κ3) is 4.07. The first-order chi connectivity index (χ1) is 15.0. The molecule has 0 aliphatic heterocycles. The average Bonchev–Trinajstić information content (AvgIpc) is 3.23. The lowest BCUT2D eigenvalue weighted by Gasteiger charge is -2.14. The second kappa shape index (κ2) is 8.70. The fourth-order valence-corrected chi connectivity index (χ4v) is 3.68. The molecule has 1 heterocycles. The number of ketones is 1. The number of carbonyl (C=O) groups is 1. The van der Waals surface area contributed by atoms with Gasteiger partial charge in [0.15, 0.2) is 17.3 Å². The number of carbonyl (C=O) groups excluding carboxylic acids is 1. The Labute approximate surface area is 184 Å². The molecule has 1 aromatic heterocycles. The molecule has 6 nitrogen and oxygen atoms in total. The summed E-state index contributed by atoms with van der Waals surface area (Å²) in [6.45, 7) is 0. The first-order valence-electron chi connectivity index (χ1n) is 9.60. The molecule has 0 aliphatic rings. The van der Waals surface area contributed by atoms with Gasteiger partial charge in [0.25, 0.3) is 0 Å². The highest BCUT2D eigenvalue weighted by atomic mass is 35.5. The normalized spacial score (nSPS) is 10.8. The Bertz CT molecular complexity index is 1210. The summed E-state index contributed by atoms with van der Waals surface area (Å²) in [5.41, 5.74) is 3.81.